The number of oxime groups is 1. The first-order valence-electron chi connectivity index (χ1n) is 6.11. The number of amides is 1. The maximum absolute atomic E-state index is 11.3. The Labute approximate surface area is 102 Å². The van der Waals surface area contributed by atoms with Crippen LogP contribution in [0, 0.1) is 5.92 Å². The number of nitrogens with one attached hydrogen (secondary N) is 2. The van der Waals surface area contributed by atoms with Crippen LogP contribution in [0.1, 0.15) is 32.6 Å². The maximum atomic E-state index is 11.3. The van der Waals surface area contributed by atoms with E-state index in [9.17, 15) is 4.79 Å². The van der Waals surface area contributed by atoms with E-state index in [0.717, 1.165) is 25.8 Å². The number of hydrogen-bond donors (Lipinski definition) is 4. The quantitative estimate of drug-likeness (QED) is 0.158. The molecule has 1 saturated carbocycles. The van der Waals surface area contributed by atoms with Gasteiger partial charge in [0, 0.05) is 24.9 Å². The molecule has 0 radical (unpaired) electrons. The summed E-state index contributed by atoms with van der Waals surface area (Å²) in [6.07, 6.45) is 3.62. The van der Waals surface area contributed by atoms with Crippen LogP contribution in [-0.4, -0.2) is 36.1 Å². The van der Waals surface area contributed by atoms with Crippen LogP contribution in [0.25, 0.3) is 0 Å². The van der Waals surface area contributed by atoms with Gasteiger partial charge < -0.3 is 21.6 Å². The standard InChI is InChI=1S/C11H22N4O2/c1-8(11(12)15-17)7-13-6-2-3-10(16)14-9-4-5-9/h8-9,13,17H,2-7H2,1H3,(H2,12,15)(H,14,16). The summed E-state index contributed by atoms with van der Waals surface area (Å²) in [5.41, 5.74) is 5.44. The summed E-state index contributed by atoms with van der Waals surface area (Å²) >= 11 is 0. The molecule has 0 heterocycles. The third kappa shape index (κ3) is 6.11. The molecular formula is C11H22N4O2. The minimum Gasteiger partial charge on any atom is -0.409 e. The van der Waals surface area contributed by atoms with Gasteiger partial charge in [-0.05, 0) is 25.8 Å². The van der Waals surface area contributed by atoms with Gasteiger partial charge in [0.2, 0.25) is 5.91 Å². The first kappa shape index (κ1) is 13.8. The average Bonchev–Trinajstić information content (AvgIpc) is 3.11. The second-order valence-electron chi connectivity index (χ2n) is 4.58. The van der Waals surface area contributed by atoms with Crippen molar-refractivity contribution >= 4 is 11.7 Å². The fourth-order valence-corrected chi connectivity index (χ4v) is 1.42. The SMILES string of the molecule is CC(CNCCCC(=O)NC1CC1)C(N)=NO. The lowest BCUT2D eigenvalue weighted by molar-refractivity contribution is -0.121. The van der Waals surface area contributed by atoms with Gasteiger partial charge in [0.05, 0.1) is 0 Å². The second kappa shape index (κ2) is 7.11. The molecule has 1 rings (SSSR count). The Bertz CT molecular complexity index is 277. The summed E-state index contributed by atoms with van der Waals surface area (Å²) in [6.45, 7) is 3.29. The van der Waals surface area contributed by atoms with Crippen molar-refractivity contribution < 1.29 is 10.0 Å². The molecule has 0 aromatic heterocycles. The predicted molar refractivity (Wildman–Crippen MR) is 65.8 cm³/mol. The smallest absolute Gasteiger partial charge is 0.220 e. The van der Waals surface area contributed by atoms with Gasteiger partial charge in [-0.15, -0.1) is 0 Å². The Morgan fingerprint density at radius 2 is 2.29 bits per heavy atom. The van der Waals surface area contributed by atoms with Crippen molar-refractivity contribution in [2.45, 2.75) is 38.6 Å². The third-order valence-corrected chi connectivity index (χ3v) is 2.77. The summed E-state index contributed by atoms with van der Waals surface area (Å²) in [5.74, 6) is 0.364. The lowest BCUT2D eigenvalue weighted by Gasteiger charge is -2.10. The van der Waals surface area contributed by atoms with Gasteiger partial charge >= 0.3 is 0 Å². The van der Waals surface area contributed by atoms with Crippen molar-refractivity contribution in [1.82, 2.24) is 10.6 Å². The van der Waals surface area contributed by atoms with Crippen LogP contribution in [0.5, 0.6) is 0 Å². The van der Waals surface area contributed by atoms with Crippen molar-refractivity contribution in [3.05, 3.63) is 0 Å². The van der Waals surface area contributed by atoms with Crippen LogP contribution in [-0.2, 0) is 4.79 Å². The molecule has 1 fully saturated rings. The Kier molecular flexibility index (Phi) is 5.76. The highest BCUT2D eigenvalue weighted by Gasteiger charge is 2.22. The first-order valence-corrected chi connectivity index (χ1v) is 6.11. The molecule has 0 aromatic carbocycles. The number of hydrogen-bond acceptors (Lipinski definition) is 4. The van der Waals surface area contributed by atoms with Gasteiger partial charge in [-0.3, -0.25) is 4.79 Å². The van der Waals surface area contributed by atoms with E-state index in [2.05, 4.69) is 15.8 Å². The molecule has 0 saturated heterocycles. The monoisotopic (exact) mass is 242 g/mol. The molecule has 1 amide bonds. The van der Waals surface area contributed by atoms with Crippen molar-refractivity contribution in [3.8, 4) is 0 Å². The fraction of sp³-hybridized carbons (Fsp3) is 0.818. The minimum atomic E-state index is 0.000269. The highest BCUT2D eigenvalue weighted by molar-refractivity contribution is 5.82. The largest absolute Gasteiger partial charge is 0.409 e. The van der Waals surface area contributed by atoms with E-state index in [1.54, 1.807) is 0 Å². The van der Waals surface area contributed by atoms with E-state index in [0.29, 0.717) is 19.0 Å². The van der Waals surface area contributed by atoms with Crippen molar-refractivity contribution in [2.75, 3.05) is 13.1 Å². The molecule has 0 spiro atoms. The molecular weight excluding hydrogens is 220 g/mol. The zero-order valence-electron chi connectivity index (χ0n) is 10.3. The Morgan fingerprint density at radius 1 is 1.59 bits per heavy atom. The zero-order valence-corrected chi connectivity index (χ0v) is 10.3. The molecule has 98 valence electrons. The predicted octanol–water partition coefficient (Wildman–Crippen LogP) is 0.0173. The topological polar surface area (TPSA) is 99.7 Å². The summed E-state index contributed by atoms with van der Waals surface area (Å²) in [6, 6.07) is 0.441. The van der Waals surface area contributed by atoms with Crippen LogP contribution < -0.4 is 16.4 Å². The number of nitrogens with zero attached hydrogens (tertiary/aromatic N) is 1. The summed E-state index contributed by atoms with van der Waals surface area (Å²) < 4.78 is 0. The van der Waals surface area contributed by atoms with E-state index < -0.39 is 0 Å². The van der Waals surface area contributed by atoms with Gasteiger partial charge in [0.15, 0.2) is 0 Å². The molecule has 0 bridgehead atoms. The molecule has 1 aliphatic rings. The van der Waals surface area contributed by atoms with Crippen LogP contribution >= 0.6 is 0 Å². The Balaban J connectivity index is 1.94. The van der Waals surface area contributed by atoms with Crippen LogP contribution in [0.3, 0.4) is 0 Å². The van der Waals surface area contributed by atoms with Gasteiger partial charge in [0.1, 0.15) is 5.84 Å². The van der Waals surface area contributed by atoms with Gasteiger partial charge in [0.25, 0.3) is 0 Å². The lowest BCUT2D eigenvalue weighted by atomic mass is 10.1. The van der Waals surface area contributed by atoms with Crippen LogP contribution in [0.2, 0.25) is 0 Å². The van der Waals surface area contributed by atoms with Crippen molar-refractivity contribution in [3.63, 3.8) is 0 Å². The van der Waals surface area contributed by atoms with Crippen molar-refractivity contribution in [2.24, 2.45) is 16.8 Å². The minimum absolute atomic E-state index is 0.000269. The number of carbonyl (C=O) groups excluding carboxylic acids is 1. The van der Waals surface area contributed by atoms with Gasteiger partial charge in [-0.1, -0.05) is 12.1 Å². The van der Waals surface area contributed by atoms with E-state index in [4.69, 9.17) is 10.9 Å². The molecule has 1 atom stereocenters. The van der Waals surface area contributed by atoms with E-state index >= 15 is 0 Å². The second-order valence-corrected chi connectivity index (χ2v) is 4.58. The Hall–Kier alpha value is -1.30. The zero-order chi connectivity index (χ0) is 12.7. The van der Waals surface area contributed by atoms with Crippen molar-refractivity contribution in [1.29, 1.82) is 0 Å². The summed E-state index contributed by atoms with van der Waals surface area (Å²) in [7, 11) is 0. The highest BCUT2D eigenvalue weighted by atomic mass is 16.4. The highest BCUT2D eigenvalue weighted by Crippen LogP contribution is 2.18. The summed E-state index contributed by atoms with van der Waals surface area (Å²) in [5, 5.41) is 17.5. The first-order chi connectivity index (χ1) is 8.13. The van der Waals surface area contributed by atoms with E-state index in [1.165, 1.54) is 0 Å². The number of carbonyl (C=O) groups is 1. The van der Waals surface area contributed by atoms with Gasteiger partial charge in [-0.25, -0.2) is 0 Å². The number of amidine groups is 1. The van der Waals surface area contributed by atoms with E-state index in [-0.39, 0.29) is 17.7 Å². The summed E-state index contributed by atoms with van der Waals surface area (Å²) in [4.78, 5) is 11.3. The Morgan fingerprint density at radius 3 is 2.88 bits per heavy atom. The van der Waals surface area contributed by atoms with Crippen LogP contribution in [0.4, 0.5) is 0 Å². The van der Waals surface area contributed by atoms with E-state index in [1.807, 2.05) is 6.92 Å². The molecule has 6 nitrogen and oxygen atoms in total. The maximum Gasteiger partial charge on any atom is 0.220 e. The lowest BCUT2D eigenvalue weighted by Crippen LogP contribution is -2.32. The molecule has 1 aliphatic carbocycles. The normalized spacial score (nSPS) is 17.8. The molecule has 5 N–H and O–H groups in total. The molecule has 17 heavy (non-hydrogen) atoms. The molecule has 6 heteroatoms. The number of rotatable bonds is 8. The average molecular weight is 242 g/mol. The molecule has 0 aliphatic heterocycles. The van der Waals surface area contributed by atoms with Crippen LogP contribution in [0.15, 0.2) is 5.16 Å². The van der Waals surface area contributed by atoms with Gasteiger partial charge in [-0.2, -0.15) is 0 Å². The fourth-order valence-electron chi connectivity index (χ4n) is 1.42. The third-order valence-electron chi connectivity index (χ3n) is 2.77. The number of nitrogens with two attached hydrogens (primary N) is 1. The molecule has 1 unspecified atom stereocenters. The molecule has 0 aromatic rings.